The lowest BCUT2D eigenvalue weighted by molar-refractivity contribution is -0.192. The van der Waals surface area contributed by atoms with Crippen molar-refractivity contribution in [3.05, 3.63) is 18.1 Å². The normalized spacial score (nSPS) is 20.1. The Bertz CT molecular complexity index is 1130. The molecule has 0 bridgehead atoms. The monoisotopic (exact) mass is 525 g/mol. The van der Waals surface area contributed by atoms with Gasteiger partial charge in [0.15, 0.2) is 5.82 Å². The summed E-state index contributed by atoms with van der Waals surface area (Å²) in [5.74, 6) is -1.02. The summed E-state index contributed by atoms with van der Waals surface area (Å²) in [6, 6.07) is 2.60. The number of hydrogen-bond donors (Lipinski definition) is 1. The van der Waals surface area contributed by atoms with Crippen LogP contribution in [0.1, 0.15) is 64.1 Å². The van der Waals surface area contributed by atoms with E-state index in [4.69, 9.17) is 24.6 Å². The van der Waals surface area contributed by atoms with Gasteiger partial charge in [0.05, 0.1) is 25.1 Å². The van der Waals surface area contributed by atoms with Gasteiger partial charge in [0.1, 0.15) is 5.52 Å². The third-order valence-corrected chi connectivity index (χ3v) is 7.39. The first kappa shape index (κ1) is 27.2. The third-order valence-electron chi connectivity index (χ3n) is 7.39. The number of carbonyl (C=O) groups excluding carboxylic acids is 1. The lowest BCUT2D eigenvalue weighted by Gasteiger charge is -2.34. The number of fused-ring (bicyclic) bond motifs is 1. The third kappa shape index (κ3) is 6.00. The van der Waals surface area contributed by atoms with Crippen LogP contribution in [0.25, 0.3) is 11.0 Å². The van der Waals surface area contributed by atoms with E-state index in [9.17, 15) is 18.0 Å². The number of carboxylic acids is 1. The highest BCUT2D eigenvalue weighted by Crippen LogP contribution is 2.47. The number of likely N-dealkylation sites (tertiary alicyclic amines) is 1. The zero-order valence-electron chi connectivity index (χ0n) is 21.4. The first-order valence-electron chi connectivity index (χ1n) is 12.7. The molecule has 3 fully saturated rings. The highest BCUT2D eigenvalue weighted by molar-refractivity contribution is 5.87. The zero-order valence-corrected chi connectivity index (χ0v) is 21.4. The second kappa shape index (κ2) is 10.5. The van der Waals surface area contributed by atoms with E-state index in [1.54, 1.807) is 0 Å². The molecule has 2 saturated heterocycles. The fourth-order valence-electron chi connectivity index (χ4n) is 4.81. The van der Waals surface area contributed by atoms with E-state index in [0.717, 1.165) is 82.1 Å². The predicted molar refractivity (Wildman–Crippen MR) is 131 cm³/mol. The number of alkyl halides is 3. The zero-order chi connectivity index (χ0) is 27.0. The molecule has 5 rings (SSSR count). The maximum absolute atomic E-state index is 12.7. The molecule has 0 unspecified atom stereocenters. The number of nitrogens with zero attached hydrogens (tertiary/aromatic N) is 5. The van der Waals surface area contributed by atoms with Gasteiger partial charge in [-0.25, -0.2) is 14.8 Å². The molecule has 1 saturated carbocycles. The molecule has 0 spiro atoms. The summed E-state index contributed by atoms with van der Waals surface area (Å²) < 4.78 is 39.5. The van der Waals surface area contributed by atoms with Crippen LogP contribution in [-0.2, 0) is 14.3 Å². The van der Waals surface area contributed by atoms with Crippen molar-refractivity contribution in [2.24, 2.45) is 5.41 Å². The second-order valence-corrected chi connectivity index (χ2v) is 10.5. The lowest BCUT2D eigenvalue weighted by Crippen LogP contribution is -2.41. The van der Waals surface area contributed by atoms with Gasteiger partial charge >= 0.3 is 12.1 Å². The van der Waals surface area contributed by atoms with Crippen molar-refractivity contribution in [2.75, 3.05) is 44.3 Å². The smallest absolute Gasteiger partial charge is 0.475 e. The Morgan fingerprint density at radius 2 is 1.73 bits per heavy atom. The predicted octanol–water partition coefficient (Wildman–Crippen LogP) is 3.99. The minimum atomic E-state index is -5.08. The van der Waals surface area contributed by atoms with Crippen LogP contribution < -0.4 is 4.90 Å². The number of pyridine rings is 1. The van der Waals surface area contributed by atoms with Crippen molar-refractivity contribution in [1.82, 2.24) is 19.4 Å². The summed E-state index contributed by atoms with van der Waals surface area (Å²) in [5.41, 5.74) is 3.23. The molecule has 0 aromatic carbocycles. The Kier molecular flexibility index (Phi) is 7.68. The Hall–Kier alpha value is -2.89. The van der Waals surface area contributed by atoms with E-state index in [1.165, 1.54) is 5.52 Å². The van der Waals surface area contributed by atoms with E-state index in [2.05, 4.69) is 41.2 Å². The molecule has 1 amide bonds. The van der Waals surface area contributed by atoms with E-state index in [-0.39, 0.29) is 5.41 Å². The molecule has 2 aliphatic heterocycles. The number of rotatable bonds is 4. The summed E-state index contributed by atoms with van der Waals surface area (Å²) in [7, 11) is 0. The molecule has 1 N–H and O–H groups in total. The molecule has 37 heavy (non-hydrogen) atoms. The SMILES string of the molecule is CC(C)n1cnc2c(N3CCOCC3)nc(C3CCN(C(=O)C4(C)CC4)CC3)cc21.O=C(O)C(F)(F)F. The van der Waals surface area contributed by atoms with Crippen molar-refractivity contribution >= 4 is 28.7 Å². The molecular weight excluding hydrogens is 491 g/mol. The summed E-state index contributed by atoms with van der Waals surface area (Å²) in [6.07, 6.45) is 0.928. The first-order valence-corrected chi connectivity index (χ1v) is 12.7. The molecule has 204 valence electrons. The molecule has 0 radical (unpaired) electrons. The number of halogens is 3. The van der Waals surface area contributed by atoms with Crippen molar-refractivity contribution in [1.29, 1.82) is 0 Å². The number of hydrogen-bond acceptors (Lipinski definition) is 6. The molecule has 9 nitrogen and oxygen atoms in total. The lowest BCUT2D eigenvalue weighted by atomic mass is 9.91. The number of aromatic nitrogens is 3. The van der Waals surface area contributed by atoms with E-state index in [1.807, 2.05) is 6.33 Å². The summed E-state index contributed by atoms with van der Waals surface area (Å²) in [4.78, 5) is 35.9. The minimum absolute atomic E-state index is 0.0722. The molecule has 12 heteroatoms. The standard InChI is InChI=1S/C23H33N5O2.C2HF3O2/c1-16(2)28-15-24-20-19(28)14-18(25-21(20)26-10-12-30-13-11-26)17-4-8-27(9-5-17)22(29)23(3)6-7-23;3-2(4,5)1(6)7/h14-17H,4-13H2,1-3H3;(H,6,7). The first-order chi connectivity index (χ1) is 17.4. The van der Waals surface area contributed by atoms with Gasteiger partial charge in [-0.1, -0.05) is 6.92 Å². The van der Waals surface area contributed by atoms with Crippen LogP contribution in [0.2, 0.25) is 0 Å². The summed E-state index contributed by atoms with van der Waals surface area (Å²) >= 11 is 0. The van der Waals surface area contributed by atoms with Crippen LogP contribution >= 0.6 is 0 Å². The van der Waals surface area contributed by atoms with Crippen LogP contribution in [0, 0.1) is 5.41 Å². The van der Waals surface area contributed by atoms with Gasteiger partial charge in [-0.3, -0.25) is 4.79 Å². The number of imidazole rings is 1. The Morgan fingerprint density at radius 1 is 1.14 bits per heavy atom. The Balaban J connectivity index is 0.000000405. The molecule has 2 aromatic heterocycles. The minimum Gasteiger partial charge on any atom is -0.475 e. The molecule has 1 aliphatic carbocycles. The fraction of sp³-hybridized carbons (Fsp3) is 0.680. The van der Waals surface area contributed by atoms with Gasteiger partial charge in [0, 0.05) is 49.2 Å². The van der Waals surface area contributed by atoms with Crippen LogP contribution in [0.5, 0.6) is 0 Å². The molecule has 0 atom stereocenters. The highest BCUT2D eigenvalue weighted by atomic mass is 19.4. The Morgan fingerprint density at radius 3 is 2.24 bits per heavy atom. The average Bonchev–Trinajstić information content (AvgIpc) is 3.47. The largest absolute Gasteiger partial charge is 0.490 e. The van der Waals surface area contributed by atoms with Gasteiger partial charge in [-0.05, 0) is 45.6 Å². The highest BCUT2D eigenvalue weighted by Gasteiger charge is 2.47. The quantitative estimate of drug-likeness (QED) is 0.644. The van der Waals surface area contributed by atoms with E-state index in [0.29, 0.717) is 17.9 Å². The molecule has 4 heterocycles. The van der Waals surface area contributed by atoms with Gasteiger partial charge in [0.2, 0.25) is 5.91 Å². The maximum atomic E-state index is 12.7. The van der Waals surface area contributed by atoms with Crippen molar-refractivity contribution in [3.63, 3.8) is 0 Å². The number of carbonyl (C=O) groups is 2. The second-order valence-electron chi connectivity index (χ2n) is 10.5. The number of anilines is 1. The fourth-order valence-corrected chi connectivity index (χ4v) is 4.81. The topological polar surface area (TPSA) is 101 Å². The van der Waals surface area contributed by atoms with E-state index >= 15 is 0 Å². The maximum Gasteiger partial charge on any atom is 0.490 e. The summed E-state index contributed by atoms with van der Waals surface area (Å²) in [6.45, 7) is 11.4. The van der Waals surface area contributed by atoms with E-state index < -0.39 is 12.1 Å². The van der Waals surface area contributed by atoms with Gasteiger partial charge in [-0.15, -0.1) is 0 Å². The van der Waals surface area contributed by atoms with Gasteiger partial charge in [0.25, 0.3) is 0 Å². The number of piperidine rings is 1. The van der Waals surface area contributed by atoms with Crippen LogP contribution in [-0.4, -0.2) is 82.0 Å². The molecule has 3 aliphatic rings. The Labute approximate surface area is 213 Å². The summed E-state index contributed by atoms with van der Waals surface area (Å²) in [5, 5.41) is 7.12. The number of ether oxygens (including phenoxy) is 1. The average molecular weight is 526 g/mol. The number of carboxylic acid groups (broad SMARTS) is 1. The van der Waals surface area contributed by atoms with Crippen molar-refractivity contribution < 1.29 is 32.6 Å². The number of amides is 1. The van der Waals surface area contributed by atoms with Crippen molar-refractivity contribution in [2.45, 2.75) is 64.6 Å². The molecule has 2 aromatic rings. The number of aliphatic carboxylic acids is 1. The van der Waals surface area contributed by atoms with Gasteiger partial charge < -0.3 is 24.2 Å². The van der Waals surface area contributed by atoms with Gasteiger partial charge in [-0.2, -0.15) is 13.2 Å². The van der Waals surface area contributed by atoms with Crippen molar-refractivity contribution in [3.8, 4) is 0 Å². The molecular formula is C25H34F3N5O4. The van der Waals surface area contributed by atoms with Crippen LogP contribution in [0.4, 0.5) is 19.0 Å². The van der Waals surface area contributed by atoms with Crippen LogP contribution in [0.3, 0.4) is 0 Å². The number of morpholine rings is 1. The van der Waals surface area contributed by atoms with Crippen LogP contribution in [0.15, 0.2) is 12.4 Å².